The second-order valence-electron chi connectivity index (χ2n) is 6.50. The highest BCUT2D eigenvalue weighted by atomic mass is 32.1. The quantitative estimate of drug-likeness (QED) is 0.401. The molecular weight excluding hydrogens is 380 g/mol. The van der Waals surface area contributed by atoms with Gasteiger partial charge in [0.2, 0.25) is 0 Å². The van der Waals surface area contributed by atoms with Gasteiger partial charge in [0.1, 0.15) is 5.69 Å². The highest BCUT2D eigenvalue weighted by molar-refractivity contribution is 7.12. The van der Waals surface area contributed by atoms with Crippen molar-refractivity contribution in [1.29, 1.82) is 0 Å². The van der Waals surface area contributed by atoms with E-state index in [1.165, 1.54) is 17.4 Å². The molecule has 8 nitrogen and oxygen atoms in total. The molecule has 1 aromatic heterocycles. The van der Waals surface area contributed by atoms with Crippen molar-refractivity contribution in [2.75, 3.05) is 31.1 Å². The fourth-order valence-corrected chi connectivity index (χ4v) is 3.77. The van der Waals surface area contributed by atoms with Crippen molar-refractivity contribution in [3.8, 4) is 0 Å². The van der Waals surface area contributed by atoms with Gasteiger partial charge >= 0.3 is 0 Å². The van der Waals surface area contributed by atoms with Crippen LogP contribution >= 0.6 is 11.3 Å². The minimum absolute atomic E-state index is 0.0437. The van der Waals surface area contributed by atoms with Crippen LogP contribution in [0.4, 0.5) is 11.4 Å². The number of benzene rings is 1. The molecule has 1 fully saturated rings. The van der Waals surface area contributed by atoms with Crippen LogP contribution in [0.5, 0.6) is 0 Å². The third kappa shape index (κ3) is 4.86. The van der Waals surface area contributed by atoms with Crippen molar-refractivity contribution in [1.82, 2.24) is 10.6 Å². The fourth-order valence-electron chi connectivity index (χ4n) is 3.13. The van der Waals surface area contributed by atoms with Gasteiger partial charge in [0.05, 0.1) is 9.80 Å². The summed E-state index contributed by atoms with van der Waals surface area (Å²) < 4.78 is 0. The van der Waals surface area contributed by atoms with Crippen LogP contribution in [-0.4, -0.2) is 42.9 Å². The van der Waals surface area contributed by atoms with Crippen molar-refractivity contribution in [2.24, 2.45) is 0 Å². The number of carbonyl (C=O) groups excluding carboxylic acids is 2. The molecule has 2 amide bonds. The van der Waals surface area contributed by atoms with E-state index in [1.807, 2.05) is 16.3 Å². The first kappa shape index (κ1) is 19.8. The zero-order valence-corrected chi connectivity index (χ0v) is 16.2. The summed E-state index contributed by atoms with van der Waals surface area (Å²) >= 11 is 1.37. The molecule has 3 rings (SSSR count). The Labute approximate surface area is 166 Å². The number of rotatable bonds is 8. The van der Waals surface area contributed by atoms with E-state index >= 15 is 0 Å². The number of hydrogen-bond acceptors (Lipinski definition) is 6. The first-order valence-corrected chi connectivity index (χ1v) is 10.1. The van der Waals surface area contributed by atoms with Crippen LogP contribution < -0.4 is 15.5 Å². The number of carbonyl (C=O) groups is 2. The fraction of sp³-hybridized carbons (Fsp3) is 0.368. The average Bonchev–Trinajstić information content (AvgIpc) is 3.40. The zero-order chi connectivity index (χ0) is 19.9. The summed E-state index contributed by atoms with van der Waals surface area (Å²) in [5.41, 5.74) is 0.783. The lowest BCUT2D eigenvalue weighted by Gasteiger charge is -2.17. The van der Waals surface area contributed by atoms with Crippen molar-refractivity contribution in [3.05, 3.63) is 56.3 Å². The number of amides is 2. The molecule has 2 aromatic rings. The molecule has 0 aliphatic carbocycles. The van der Waals surface area contributed by atoms with E-state index in [0.717, 1.165) is 25.9 Å². The van der Waals surface area contributed by atoms with Gasteiger partial charge in [-0.3, -0.25) is 19.7 Å². The molecule has 0 saturated carbocycles. The van der Waals surface area contributed by atoms with Crippen molar-refractivity contribution >= 4 is 34.5 Å². The Hall–Kier alpha value is -2.94. The predicted octanol–water partition coefficient (Wildman–Crippen LogP) is 2.81. The summed E-state index contributed by atoms with van der Waals surface area (Å²) in [7, 11) is 0. The van der Waals surface area contributed by atoms with E-state index in [1.54, 1.807) is 18.2 Å². The standard InChI is InChI=1S/C19H22N4O4S/c24-18(20-8-4-9-21-19(25)17-5-3-12-28-17)14-6-7-15(16(13-14)23(26)27)22-10-1-2-11-22/h3,5-7,12-13H,1-2,4,8-11H2,(H,20,24)(H,21,25). The van der Waals surface area contributed by atoms with Crippen molar-refractivity contribution in [2.45, 2.75) is 19.3 Å². The summed E-state index contributed by atoms with van der Waals surface area (Å²) in [6.07, 6.45) is 2.60. The maximum atomic E-state index is 12.3. The van der Waals surface area contributed by atoms with E-state index < -0.39 is 4.92 Å². The Bertz CT molecular complexity index is 848. The molecule has 28 heavy (non-hydrogen) atoms. The van der Waals surface area contributed by atoms with Gasteiger partial charge in [0.25, 0.3) is 17.5 Å². The van der Waals surface area contributed by atoms with Gasteiger partial charge in [0, 0.05) is 37.8 Å². The van der Waals surface area contributed by atoms with Crippen LogP contribution in [0.1, 0.15) is 39.3 Å². The topological polar surface area (TPSA) is 105 Å². The predicted molar refractivity (Wildman–Crippen MR) is 108 cm³/mol. The van der Waals surface area contributed by atoms with Gasteiger partial charge in [-0.05, 0) is 42.8 Å². The molecule has 1 aliphatic rings. The molecule has 2 N–H and O–H groups in total. The molecule has 0 spiro atoms. The highest BCUT2D eigenvalue weighted by Crippen LogP contribution is 2.31. The summed E-state index contributed by atoms with van der Waals surface area (Å²) in [5.74, 6) is -0.491. The Morgan fingerprint density at radius 2 is 1.82 bits per heavy atom. The largest absolute Gasteiger partial charge is 0.366 e. The zero-order valence-electron chi connectivity index (χ0n) is 15.3. The maximum absolute atomic E-state index is 12.3. The lowest BCUT2D eigenvalue weighted by atomic mass is 10.1. The number of anilines is 1. The second-order valence-corrected chi connectivity index (χ2v) is 7.45. The lowest BCUT2D eigenvalue weighted by molar-refractivity contribution is -0.384. The van der Waals surface area contributed by atoms with Gasteiger partial charge in [-0.25, -0.2) is 0 Å². The Morgan fingerprint density at radius 3 is 2.46 bits per heavy atom. The highest BCUT2D eigenvalue weighted by Gasteiger charge is 2.23. The van der Waals surface area contributed by atoms with Crippen molar-refractivity contribution < 1.29 is 14.5 Å². The van der Waals surface area contributed by atoms with Gasteiger partial charge in [-0.2, -0.15) is 0 Å². The summed E-state index contributed by atoms with van der Waals surface area (Å²) in [4.78, 5) is 37.7. The first-order chi connectivity index (χ1) is 13.6. The molecule has 1 aromatic carbocycles. The van der Waals surface area contributed by atoms with Crippen LogP contribution in [-0.2, 0) is 0 Å². The second kappa shape index (κ2) is 9.32. The van der Waals surface area contributed by atoms with E-state index in [9.17, 15) is 19.7 Å². The number of nitro groups is 1. The third-order valence-electron chi connectivity index (χ3n) is 4.55. The number of nitro benzene ring substituents is 1. The molecule has 1 saturated heterocycles. The van der Waals surface area contributed by atoms with Gasteiger partial charge in [-0.1, -0.05) is 6.07 Å². The van der Waals surface area contributed by atoms with Crippen LogP contribution in [0.25, 0.3) is 0 Å². The van der Waals surface area contributed by atoms with Crippen LogP contribution in [0.15, 0.2) is 35.7 Å². The Balaban J connectivity index is 1.50. The van der Waals surface area contributed by atoms with E-state index in [2.05, 4.69) is 10.6 Å². The monoisotopic (exact) mass is 402 g/mol. The molecule has 0 unspecified atom stereocenters. The molecule has 148 valence electrons. The SMILES string of the molecule is O=C(NCCCNC(=O)c1cccs1)c1ccc(N2CCCC2)c([N+](=O)[O-])c1. The molecular formula is C19H22N4O4S. The summed E-state index contributed by atoms with van der Waals surface area (Å²) in [5, 5.41) is 18.8. The maximum Gasteiger partial charge on any atom is 0.293 e. The summed E-state index contributed by atoms with van der Waals surface area (Å²) in [6.45, 7) is 2.39. The molecule has 2 heterocycles. The molecule has 0 bridgehead atoms. The van der Waals surface area contributed by atoms with E-state index in [0.29, 0.717) is 30.1 Å². The lowest BCUT2D eigenvalue weighted by Crippen LogP contribution is -2.29. The number of nitrogens with zero attached hydrogens (tertiary/aromatic N) is 2. The van der Waals surface area contributed by atoms with E-state index in [4.69, 9.17) is 0 Å². The van der Waals surface area contributed by atoms with Crippen LogP contribution in [0.3, 0.4) is 0 Å². The van der Waals surface area contributed by atoms with Gasteiger partial charge in [-0.15, -0.1) is 11.3 Å². The van der Waals surface area contributed by atoms with Gasteiger partial charge < -0.3 is 15.5 Å². The number of thiophene rings is 1. The smallest absolute Gasteiger partial charge is 0.293 e. The molecule has 9 heteroatoms. The minimum Gasteiger partial charge on any atom is -0.366 e. The molecule has 0 radical (unpaired) electrons. The van der Waals surface area contributed by atoms with Crippen LogP contribution in [0, 0.1) is 10.1 Å². The van der Waals surface area contributed by atoms with Gasteiger partial charge in [0.15, 0.2) is 0 Å². The first-order valence-electron chi connectivity index (χ1n) is 9.19. The molecule has 1 aliphatic heterocycles. The third-order valence-corrected chi connectivity index (χ3v) is 5.42. The van der Waals surface area contributed by atoms with Crippen molar-refractivity contribution in [3.63, 3.8) is 0 Å². The summed E-state index contributed by atoms with van der Waals surface area (Å²) in [6, 6.07) is 8.17. The Kier molecular flexibility index (Phi) is 6.59. The number of nitrogens with one attached hydrogen (secondary N) is 2. The Morgan fingerprint density at radius 1 is 1.11 bits per heavy atom. The number of hydrogen-bond donors (Lipinski definition) is 2. The van der Waals surface area contributed by atoms with E-state index in [-0.39, 0.29) is 23.1 Å². The molecule has 0 atom stereocenters. The van der Waals surface area contributed by atoms with Crippen LogP contribution in [0.2, 0.25) is 0 Å². The average molecular weight is 402 g/mol. The normalized spacial score (nSPS) is 13.4. The minimum atomic E-state index is -0.440.